The summed E-state index contributed by atoms with van der Waals surface area (Å²) in [7, 11) is 2.62. The van der Waals surface area contributed by atoms with Crippen molar-refractivity contribution in [3.8, 4) is 6.07 Å². The molecule has 0 saturated carbocycles. The molecular formula is C8H3ClN4S2. The maximum atomic E-state index is 8.84. The Morgan fingerprint density at radius 3 is 3.07 bits per heavy atom. The van der Waals surface area contributed by atoms with E-state index in [0.29, 0.717) is 21.1 Å². The third kappa shape index (κ3) is 2.21. The van der Waals surface area contributed by atoms with Crippen molar-refractivity contribution in [1.82, 2.24) is 9.36 Å². The average molecular weight is 255 g/mol. The molecule has 0 bridgehead atoms. The van der Waals surface area contributed by atoms with Crippen LogP contribution in [0.25, 0.3) is 0 Å². The monoisotopic (exact) mass is 254 g/mol. The van der Waals surface area contributed by atoms with Gasteiger partial charge in [-0.3, -0.25) is 4.98 Å². The molecule has 2 aromatic heterocycles. The first-order valence-electron chi connectivity index (χ1n) is 3.81. The minimum absolute atomic E-state index is 0.359. The van der Waals surface area contributed by atoms with Crippen LogP contribution < -0.4 is 4.67 Å². The molecule has 15 heavy (non-hydrogen) atoms. The van der Waals surface area contributed by atoms with Crippen molar-refractivity contribution in [2.24, 2.45) is 4.99 Å². The summed E-state index contributed by atoms with van der Waals surface area (Å²) < 4.78 is 4.50. The van der Waals surface area contributed by atoms with Crippen LogP contribution in [0.2, 0.25) is 5.15 Å². The fourth-order valence-corrected chi connectivity index (χ4v) is 2.89. The molecule has 0 saturated heterocycles. The summed E-state index contributed by atoms with van der Waals surface area (Å²) in [5.74, 6) is 0. The van der Waals surface area contributed by atoms with Crippen LogP contribution in [0, 0.1) is 11.3 Å². The van der Waals surface area contributed by atoms with Gasteiger partial charge in [0.15, 0.2) is 9.82 Å². The summed E-state index contributed by atoms with van der Waals surface area (Å²) >= 11 is 5.80. The Balaban J connectivity index is 2.59. The summed E-state index contributed by atoms with van der Waals surface area (Å²) in [6.07, 6.45) is 3.08. The van der Waals surface area contributed by atoms with Gasteiger partial charge in [0, 0.05) is 16.7 Å². The smallest absolute Gasteiger partial charge is 0.179 e. The number of hydrogen-bond acceptors (Lipinski definition) is 6. The largest absolute Gasteiger partial charge is 0.262 e. The molecule has 2 heterocycles. The Bertz CT molecular complexity index is 581. The summed E-state index contributed by atoms with van der Waals surface area (Å²) in [4.78, 5) is 8.12. The molecule has 0 amide bonds. The van der Waals surface area contributed by atoms with Crippen LogP contribution in [0.15, 0.2) is 23.5 Å². The van der Waals surface area contributed by atoms with Gasteiger partial charge in [-0.2, -0.15) is 9.64 Å². The molecule has 4 nitrogen and oxygen atoms in total. The van der Waals surface area contributed by atoms with Gasteiger partial charge in [-0.15, -0.1) is 0 Å². The number of halogens is 1. The number of hydrogen-bond donors (Lipinski definition) is 0. The minimum atomic E-state index is 0.359. The maximum absolute atomic E-state index is 8.84. The molecule has 7 heteroatoms. The Morgan fingerprint density at radius 2 is 2.40 bits per heavy atom. The standard InChI is InChI=1S/C8H3ClN4S2/c9-7-8(14-15-13-7)12-6-4-11-2-1-5(6)3-10/h1-2,4H. The zero-order chi connectivity index (χ0) is 10.7. The fourth-order valence-electron chi connectivity index (χ4n) is 0.904. The van der Waals surface area contributed by atoms with E-state index in [1.807, 2.05) is 6.07 Å². The van der Waals surface area contributed by atoms with Crippen molar-refractivity contribution in [1.29, 1.82) is 5.26 Å². The van der Waals surface area contributed by atoms with Gasteiger partial charge in [-0.05, 0) is 16.4 Å². The molecule has 0 spiro atoms. The highest BCUT2D eigenvalue weighted by Crippen LogP contribution is 2.16. The molecule has 0 aromatic carbocycles. The molecule has 0 radical (unpaired) electrons. The molecular weight excluding hydrogens is 252 g/mol. The maximum Gasteiger partial charge on any atom is 0.179 e. The zero-order valence-corrected chi connectivity index (χ0v) is 9.60. The van der Waals surface area contributed by atoms with Gasteiger partial charge in [0.25, 0.3) is 0 Å². The van der Waals surface area contributed by atoms with E-state index in [-0.39, 0.29) is 0 Å². The number of nitrogens with zero attached hydrogens (tertiary/aromatic N) is 4. The SMILES string of the molecule is N#Cc1ccncc1N=c1ssnc1Cl. The van der Waals surface area contributed by atoms with Gasteiger partial charge < -0.3 is 0 Å². The van der Waals surface area contributed by atoms with Crippen LogP contribution in [0.3, 0.4) is 0 Å². The van der Waals surface area contributed by atoms with Crippen LogP contribution in [-0.2, 0) is 0 Å². The Hall–Kier alpha value is -1.29. The lowest BCUT2D eigenvalue weighted by Crippen LogP contribution is -1.93. The normalized spacial score (nSPS) is 11.3. The third-order valence-corrected chi connectivity index (χ3v) is 3.72. The Morgan fingerprint density at radius 1 is 1.53 bits per heavy atom. The van der Waals surface area contributed by atoms with E-state index in [9.17, 15) is 0 Å². The Labute approximate surface area is 97.7 Å². The third-order valence-electron chi connectivity index (χ3n) is 1.55. The number of rotatable bonds is 1. The first-order chi connectivity index (χ1) is 7.31. The average Bonchev–Trinajstić information content (AvgIpc) is 2.65. The van der Waals surface area contributed by atoms with Gasteiger partial charge in [0.1, 0.15) is 11.8 Å². The van der Waals surface area contributed by atoms with Crippen molar-refractivity contribution < 1.29 is 0 Å². The van der Waals surface area contributed by atoms with Crippen molar-refractivity contribution in [3.05, 3.63) is 33.8 Å². The van der Waals surface area contributed by atoms with Crippen molar-refractivity contribution in [3.63, 3.8) is 0 Å². The van der Waals surface area contributed by atoms with E-state index < -0.39 is 0 Å². The summed E-state index contributed by atoms with van der Waals surface area (Å²) in [6, 6.07) is 3.65. The van der Waals surface area contributed by atoms with Crippen LogP contribution >= 0.6 is 32.5 Å². The van der Waals surface area contributed by atoms with E-state index in [4.69, 9.17) is 16.9 Å². The highest BCUT2D eigenvalue weighted by molar-refractivity contribution is 7.66. The molecule has 0 aliphatic heterocycles. The predicted octanol–water partition coefficient (Wildman–Crippen LogP) is 2.36. The minimum Gasteiger partial charge on any atom is -0.262 e. The van der Waals surface area contributed by atoms with E-state index in [1.54, 1.807) is 12.3 Å². The van der Waals surface area contributed by atoms with E-state index in [1.165, 1.54) is 27.1 Å². The second-order valence-electron chi connectivity index (χ2n) is 2.46. The van der Waals surface area contributed by atoms with Crippen molar-refractivity contribution >= 4 is 38.2 Å². The fraction of sp³-hybridized carbons (Fsp3) is 0. The molecule has 0 fully saturated rings. The van der Waals surface area contributed by atoms with Gasteiger partial charge in [0.05, 0.1) is 11.8 Å². The first-order valence-corrected chi connectivity index (χ1v) is 6.30. The number of aromatic nitrogens is 2. The van der Waals surface area contributed by atoms with Gasteiger partial charge in [-0.25, -0.2) is 4.99 Å². The lowest BCUT2D eigenvalue weighted by Gasteiger charge is -1.93. The quantitative estimate of drug-likeness (QED) is 0.734. The van der Waals surface area contributed by atoms with Gasteiger partial charge in [-0.1, -0.05) is 11.6 Å². The number of nitriles is 1. The summed E-state index contributed by atoms with van der Waals surface area (Å²) in [5, 5.41) is 9.20. The molecule has 0 aliphatic carbocycles. The van der Waals surface area contributed by atoms with Crippen LogP contribution in [0.5, 0.6) is 0 Å². The molecule has 0 aliphatic rings. The van der Waals surface area contributed by atoms with Crippen LogP contribution in [0.4, 0.5) is 5.69 Å². The topological polar surface area (TPSA) is 61.9 Å². The number of pyridine rings is 1. The highest BCUT2D eigenvalue weighted by Gasteiger charge is 2.01. The second kappa shape index (κ2) is 4.49. The van der Waals surface area contributed by atoms with E-state index in [2.05, 4.69) is 14.3 Å². The van der Waals surface area contributed by atoms with Crippen molar-refractivity contribution in [2.75, 3.05) is 0 Å². The zero-order valence-electron chi connectivity index (χ0n) is 7.22. The molecule has 2 aromatic rings. The van der Waals surface area contributed by atoms with Gasteiger partial charge >= 0.3 is 0 Å². The Kier molecular flexibility index (Phi) is 3.06. The van der Waals surface area contributed by atoms with Crippen molar-refractivity contribution in [2.45, 2.75) is 0 Å². The second-order valence-corrected chi connectivity index (χ2v) is 4.65. The summed E-state index contributed by atoms with van der Waals surface area (Å²) in [5.41, 5.74) is 0.984. The highest BCUT2D eigenvalue weighted by atomic mass is 35.5. The molecule has 0 atom stereocenters. The lowest BCUT2D eigenvalue weighted by molar-refractivity contribution is 1.26. The first kappa shape index (κ1) is 10.2. The molecule has 2 rings (SSSR count). The van der Waals surface area contributed by atoms with E-state index >= 15 is 0 Å². The van der Waals surface area contributed by atoms with Crippen LogP contribution in [0.1, 0.15) is 5.56 Å². The molecule has 0 unspecified atom stereocenters. The molecule has 74 valence electrons. The van der Waals surface area contributed by atoms with E-state index in [0.717, 1.165) is 0 Å². The predicted molar refractivity (Wildman–Crippen MR) is 59.2 cm³/mol. The molecule has 0 N–H and O–H groups in total. The van der Waals surface area contributed by atoms with Gasteiger partial charge in [0.2, 0.25) is 0 Å². The lowest BCUT2D eigenvalue weighted by atomic mass is 10.2. The van der Waals surface area contributed by atoms with Crippen LogP contribution in [-0.4, -0.2) is 9.36 Å². The summed E-state index contributed by atoms with van der Waals surface area (Å²) in [6.45, 7) is 0.